The second-order valence-electron chi connectivity index (χ2n) is 3.76. The molecule has 1 aromatic carbocycles. The molecule has 2 rings (SSSR count). The van der Waals surface area contributed by atoms with E-state index in [0.29, 0.717) is 17.8 Å². The number of nitrogens with zero attached hydrogens (tertiary/aromatic N) is 2. The fourth-order valence-electron chi connectivity index (χ4n) is 1.58. The quantitative estimate of drug-likeness (QED) is 0.880. The number of carbonyl (C=O) groups is 1. The van der Waals surface area contributed by atoms with Crippen molar-refractivity contribution in [2.24, 2.45) is 5.73 Å². The van der Waals surface area contributed by atoms with E-state index < -0.39 is 0 Å². The Labute approximate surface area is 109 Å². The van der Waals surface area contributed by atoms with Crippen LogP contribution in [0.5, 0.6) is 0 Å². The largest absolute Gasteiger partial charge is 0.326 e. The summed E-state index contributed by atoms with van der Waals surface area (Å²) in [5.74, 6) is -0.170. The third-order valence-electron chi connectivity index (χ3n) is 2.52. The topological polar surface area (TPSA) is 80.9 Å². The summed E-state index contributed by atoms with van der Waals surface area (Å²) in [4.78, 5) is 12.6. The van der Waals surface area contributed by atoms with Gasteiger partial charge in [0.25, 0.3) is 5.91 Å². The van der Waals surface area contributed by atoms with Gasteiger partial charge in [-0.3, -0.25) is 4.79 Å². The molecule has 0 spiro atoms. The summed E-state index contributed by atoms with van der Waals surface area (Å²) in [6.07, 6.45) is 0.697. The highest BCUT2D eigenvalue weighted by Gasteiger charge is 2.14. The highest BCUT2D eigenvalue weighted by Crippen LogP contribution is 2.15. The Balaban J connectivity index is 2.16. The third-order valence-corrected chi connectivity index (χ3v) is 3.28. The highest BCUT2D eigenvalue weighted by molar-refractivity contribution is 7.08. The van der Waals surface area contributed by atoms with Crippen LogP contribution >= 0.6 is 11.5 Å². The number of aromatic nitrogens is 2. The highest BCUT2D eigenvalue weighted by atomic mass is 32.1. The first-order valence-corrected chi connectivity index (χ1v) is 6.43. The zero-order chi connectivity index (χ0) is 13.0. The number of anilines is 1. The fraction of sp³-hybridized carbons (Fsp3) is 0.250. The summed E-state index contributed by atoms with van der Waals surface area (Å²) in [5.41, 5.74) is 8.00. The number of hydrogen-bond donors (Lipinski definition) is 2. The smallest absolute Gasteiger partial charge is 0.269 e. The van der Waals surface area contributed by atoms with Crippen LogP contribution in [0.15, 0.2) is 24.3 Å². The van der Waals surface area contributed by atoms with Gasteiger partial charge in [-0.05, 0) is 35.6 Å². The molecule has 0 unspecified atom stereocenters. The van der Waals surface area contributed by atoms with Crippen LogP contribution in [0.25, 0.3) is 0 Å². The lowest BCUT2D eigenvalue weighted by molar-refractivity contribution is 0.102. The molecule has 5 nitrogen and oxygen atoms in total. The Bertz CT molecular complexity index is 553. The van der Waals surface area contributed by atoms with Crippen molar-refractivity contribution >= 4 is 23.1 Å². The number of benzene rings is 1. The Morgan fingerprint density at radius 3 is 3.06 bits per heavy atom. The molecule has 0 saturated heterocycles. The maximum absolute atomic E-state index is 12.0. The minimum Gasteiger partial charge on any atom is -0.326 e. The minimum absolute atomic E-state index is 0.170. The molecule has 0 aliphatic heterocycles. The van der Waals surface area contributed by atoms with E-state index in [1.807, 2.05) is 31.2 Å². The summed E-state index contributed by atoms with van der Waals surface area (Å²) in [5, 5.41) is 6.75. The normalized spacial score (nSPS) is 10.3. The zero-order valence-corrected chi connectivity index (χ0v) is 10.8. The van der Waals surface area contributed by atoms with Crippen LogP contribution in [0.3, 0.4) is 0 Å². The molecule has 2 aromatic rings. The van der Waals surface area contributed by atoms with Gasteiger partial charge in [0.15, 0.2) is 0 Å². The van der Waals surface area contributed by atoms with Gasteiger partial charge in [-0.1, -0.05) is 23.5 Å². The molecule has 6 heteroatoms. The Kier molecular flexibility index (Phi) is 4.01. The predicted octanol–water partition coefficient (Wildman–Crippen LogP) is 1.81. The molecular weight excluding hydrogens is 248 g/mol. The number of rotatable bonds is 4. The Hall–Kier alpha value is -1.79. The lowest BCUT2D eigenvalue weighted by Crippen LogP contribution is -2.12. The Morgan fingerprint density at radius 2 is 2.33 bits per heavy atom. The van der Waals surface area contributed by atoms with Crippen LogP contribution in [-0.2, 0) is 13.0 Å². The molecule has 94 valence electrons. The SMILES string of the molecule is CCc1nnsc1C(=O)Nc1cccc(CN)c1. The molecular formula is C12H14N4OS. The van der Waals surface area contributed by atoms with Gasteiger partial charge in [0.1, 0.15) is 4.88 Å². The lowest BCUT2D eigenvalue weighted by Gasteiger charge is -2.05. The first kappa shape index (κ1) is 12.7. The Morgan fingerprint density at radius 1 is 1.50 bits per heavy atom. The van der Waals surface area contributed by atoms with Crippen molar-refractivity contribution in [3.8, 4) is 0 Å². The van der Waals surface area contributed by atoms with Crippen molar-refractivity contribution in [1.29, 1.82) is 0 Å². The number of hydrogen-bond acceptors (Lipinski definition) is 5. The predicted molar refractivity (Wildman–Crippen MR) is 71.6 cm³/mol. The standard InChI is InChI=1S/C12H14N4OS/c1-2-10-11(18-16-15-10)12(17)14-9-5-3-4-8(6-9)7-13/h3-6H,2,7,13H2,1H3,(H,14,17). The summed E-state index contributed by atoms with van der Waals surface area (Å²) in [7, 11) is 0. The van der Waals surface area contributed by atoms with E-state index >= 15 is 0 Å². The van der Waals surface area contributed by atoms with E-state index in [4.69, 9.17) is 5.73 Å². The van der Waals surface area contributed by atoms with Gasteiger partial charge in [0.05, 0.1) is 5.69 Å². The monoisotopic (exact) mass is 262 g/mol. The molecule has 0 radical (unpaired) electrons. The van der Waals surface area contributed by atoms with Gasteiger partial charge in [-0.15, -0.1) is 5.10 Å². The van der Waals surface area contributed by atoms with Crippen molar-refractivity contribution in [2.45, 2.75) is 19.9 Å². The van der Waals surface area contributed by atoms with Gasteiger partial charge >= 0.3 is 0 Å². The molecule has 18 heavy (non-hydrogen) atoms. The van der Waals surface area contributed by atoms with Crippen LogP contribution in [-0.4, -0.2) is 15.5 Å². The molecule has 1 heterocycles. The number of carbonyl (C=O) groups excluding carboxylic acids is 1. The molecule has 0 aliphatic rings. The molecule has 1 aromatic heterocycles. The van der Waals surface area contributed by atoms with Crippen molar-refractivity contribution in [2.75, 3.05) is 5.32 Å². The van der Waals surface area contributed by atoms with E-state index in [2.05, 4.69) is 14.9 Å². The van der Waals surface area contributed by atoms with E-state index in [1.54, 1.807) is 0 Å². The molecule has 0 atom stereocenters. The van der Waals surface area contributed by atoms with Crippen molar-refractivity contribution in [1.82, 2.24) is 9.59 Å². The van der Waals surface area contributed by atoms with E-state index in [0.717, 1.165) is 28.5 Å². The van der Waals surface area contributed by atoms with Gasteiger partial charge in [-0.2, -0.15) is 0 Å². The van der Waals surface area contributed by atoms with E-state index in [1.165, 1.54) is 0 Å². The summed E-state index contributed by atoms with van der Waals surface area (Å²) in [6, 6.07) is 7.47. The lowest BCUT2D eigenvalue weighted by atomic mass is 10.2. The van der Waals surface area contributed by atoms with Crippen molar-refractivity contribution in [3.63, 3.8) is 0 Å². The second kappa shape index (κ2) is 5.70. The number of amides is 1. The molecule has 0 saturated carbocycles. The van der Waals surface area contributed by atoms with Gasteiger partial charge < -0.3 is 11.1 Å². The van der Waals surface area contributed by atoms with Crippen LogP contribution < -0.4 is 11.1 Å². The summed E-state index contributed by atoms with van der Waals surface area (Å²) in [6.45, 7) is 2.40. The van der Waals surface area contributed by atoms with E-state index in [-0.39, 0.29) is 5.91 Å². The van der Waals surface area contributed by atoms with Crippen molar-refractivity contribution in [3.05, 3.63) is 40.4 Å². The molecule has 3 N–H and O–H groups in total. The first-order valence-electron chi connectivity index (χ1n) is 5.66. The molecule has 0 fully saturated rings. The second-order valence-corrected chi connectivity index (χ2v) is 4.52. The molecule has 1 amide bonds. The van der Waals surface area contributed by atoms with Crippen LogP contribution in [0.2, 0.25) is 0 Å². The first-order chi connectivity index (χ1) is 8.74. The maximum atomic E-state index is 12.0. The minimum atomic E-state index is -0.170. The molecule has 0 aliphatic carbocycles. The van der Waals surface area contributed by atoms with Gasteiger partial charge in [-0.25, -0.2) is 0 Å². The zero-order valence-electron chi connectivity index (χ0n) is 10.0. The van der Waals surface area contributed by atoms with Crippen molar-refractivity contribution < 1.29 is 4.79 Å². The summed E-state index contributed by atoms with van der Waals surface area (Å²) < 4.78 is 3.80. The van der Waals surface area contributed by atoms with Crippen LogP contribution in [0.1, 0.15) is 27.9 Å². The van der Waals surface area contributed by atoms with Crippen LogP contribution in [0.4, 0.5) is 5.69 Å². The maximum Gasteiger partial charge on any atom is 0.269 e. The number of aryl methyl sites for hydroxylation is 1. The molecule has 0 bridgehead atoms. The average Bonchev–Trinajstić information content (AvgIpc) is 2.87. The van der Waals surface area contributed by atoms with Gasteiger partial charge in [0.2, 0.25) is 0 Å². The number of nitrogens with two attached hydrogens (primary N) is 1. The number of nitrogens with one attached hydrogen (secondary N) is 1. The fourth-order valence-corrected chi connectivity index (χ4v) is 2.22. The van der Waals surface area contributed by atoms with Crippen LogP contribution in [0, 0.1) is 0 Å². The average molecular weight is 262 g/mol. The van der Waals surface area contributed by atoms with E-state index in [9.17, 15) is 4.79 Å². The van der Waals surface area contributed by atoms with Gasteiger partial charge in [0, 0.05) is 12.2 Å². The summed E-state index contributed by atoms with van der Waals surface area (Å²) >= 11 is 1.11. The third kappa shape index (κ3) is 2.72.